The van der Waals surface area contributed by atoms with Gasteiger partial charge < -0.3 is 49.1 Å². The van der Waals surface area contributed by atoms with Crippen molar-refractivity contribution in [1.82, 2.24) is 5.32 Å². The third-order valence-electron chi connectivity index (χ3n) is 5.74. The summed E-state index contributed by atoms with van der Waals surface area (Å²) in [6.45, 7) is 6.19. The van der Waals surface area contributed by atoms with Crippen LogP contribution < -0.4 is 5.32 Å². The molecule has 15 nitrogen and oxygen atoms in total. The Kier molecular flexibility index (Phi) is 14.3. The smallest absolute Gasteiger partial charge is 0.329 e. The number of carboxylic acids is 1. The Labute approximate surface area is 226 Å². The lowest BCUT2D eigenvalue weighted by molar-refractivity contribution is -0.279. The minimum absolute atomic E-state index is 0.128. The molecule has 1 fully saturated rings. The fourth-order valence-corrected chi connectivity index (χ4v) is 4.06. The van der Waals surface area contributed by atoms with Crippen molar-refractivity contribution in [2.45, 2.75) is 84.4 Å². The number of aliphatic carboxylic acids is 1. The second-order valence-corrected chi connectivity index (χ2v) is 9.35. The second-order valence-electron chi connectivity index (χ2n) is 9.35. The van der Waals surface area contributed by atoms with E-state index >= 15 is 0 Å². The molecule has 0 aromatic heterocycles. The van der Waals surface area contributed by atoms with Gasteiger partial charge in [0.15, 0.2) is 6.29 Å². The largest absolute Gasteiger partial charge is 0.480 e. The molecule has 1 rings (SSSR count). The van der Waals surface area contributed by atoms with Crippen LogP contribution in [0.5, 0.6) is 0 Å². The molecule has 39 heavy (non-hydrogen) atoms. The van der Waals surface area contributed by atoms with Crippen molar-refractivity contribution in [3.63, 3.8) is 0 Å². The van der Waals surface area contributed by atoms with Gasteiger partial charge in [-0.1, -0.05) is 13.8 Å². The zero-order valence-corrected chi connectivity index (χ0v) is 22.9. The maximum atomic E-state index is 11.9. The van der Waals surface area contributed by atoms with Gasteiger partial charge in [-0.2, -0.15) is 0 Å². The van der Waals surface area contributed by atoms with Crippen LogP contribution in [0.2, 0.25) is 0 Å². The number of amides is 1. The molecule has 1 amide bonds. The molecule has 15 heteroatoms. The van der Waals surface area contributed by atoms with Crippen LogP contribution in [0.4, 0.5) is 0 Å². The van der Waals surface area contributed by atoms with Crippen molar-refractivity contribution in [1.29, 1.82) is 0 Å². The first-order valence-electron chi connectivity index (χ1n) is 12.3. The van der Waals surface area contributed by atoms with E-state index in [1.54, 1.807) is 13.8 Å². The number of rotatable bonds is 15. The van der Waals surface area contributed by atoms with E-state index in [1.165, 1.54) is 20.8 Å². The number of nitrogens with one attached hydrogen (secondary N) is 1. The Bertz CT molecular complexity index is 851. The summed E-state index contributed by atoms with van der Waals surface area (Å²) in [6, 6.07) is -1.24. The molecule has 224 valence electrons. The summed E-state index contributed by atoms with van der Waals surface area (Å²) in [5.74, 6) is -5.04. The summed E-state index contributed by atoms with van der Waals surface area (Å²) in [5.41, 5.74) is 0. The van der Waals surface area contributed by atoms with Crippen LogP contribution in [0.25, 0.3) is 0 Å². The summed E-state index contributed by atoms with van der Waals surface area (Å²) in [5, 5.41) is 32.2. The summed E-state index contributed by atoms with van der Waals surface area (Å²) >= 11 is 0. The molecule has 1 aliphatic heterocycles. The van der Waals surface area contributed by atoms with Crippen molar-refractivity contribution in [2.75, 3.05) is 26.4 Å². The average Bonchev–Trinajstić information content (AvgIpc) is 2.83. The first-order chi connectivity index (χ1) is 18.2. The molecule has 0 aromatic rings. The van der Waals surface area contributed by atoms with Crippen LogP contribution in [-0.4, -0.2) is 114 Å². The molecule has 0 aromatic carbocycles. The molecule has 9 unspecified atom stereocenters. The van der Waals surface area contributed by atoms with Crippen LogP contribution >= 0.6 is 0 Å². The fraction of sp³-hybridized carbons (Fsp3) is 0.792. The van der Waals surface area contributed by atoms with Gasteiger partial charge in [-0.25, -0.2) is 4.79 Å². The minimum atomic E-state index is -1.51. The van der Waals surface area contributed by atoms with Gasteiger partial charge in [-0.3, -0.25) is 19.2 Å². The normalized spacial score (nSPS) is 25.9. The standard InChI is InChI=1S/C24H39NO14/c1-11(8-34-14(4)28)21(37-15(5)29)22(38-16(6)30)12(2)9-35-23-17(7-26)39-24(36-10-18(31)32)19(20(23)33)25-13(3)27/h11-12,17,19-24,26,33H,7-10H2,1-6H3,(H,25,27)(H,31,32). The van der Waals surface area contributed by atoms with Crippen molar-refractivity contribution in [2.24, 2.45) is 11.8 Å². The minimum Gasteiger partial charge on any atom is -0.480 e. The van der Waals surface area contributed by atoms with Gasteiger partial charge in [0.25, 0.3) is 0 Å². The van der Waals surface area contributed by atoms with Crippen LogP contribution in [0.3, 0.4) is 0 Å². The van der Waals surface area contributed by atoms with E-state index in [4.69, 9.17) is 33.5 Å². The number of aliphatic hydroxyl groups is 2. The average molecular weight is 566 g/mol. The second kappa shape index (κ2) is 16.3. The zero-order chi connectivity index (χ0) is 29.9. The van der Waals surface area contributed by atoms with E-state index in [2.05, 4.69) is 5.32 Å². The molecule has 0 spiro atoms. The first kappa shape index (κ1) is 34.2. The molecule has 0 radical (unpaired) electrons. The quantitative estimate of drug-likeness (QED) is 0.135. The Hall–Kier alpha value is -2.85. The Morgan fingerprint density at radius 3 is 1.85 bits per heavy atom. The zero-order valence-electron chi connectivity index (χ0n) is 22.9. The highest BCUT2D eigenvalue weighted by Gasteiger charge is 2.47. The third kappa shape index (κ3) is 11.4. The summed E-state index contributed by atoms with van der Waals surface area (Å²) in [6.07, 6.45) is -7.43. The molecular weight excluding hydrogens is 526 g/mol. The molecule has 0 aliphatic carbocycles. The predicted octanol–water partition coefficient (Wildman–Crippen LogP) is -1.25. The van der Waals surface area contributed by atoms with Gasteiger partial charge in [-0.15, -0.1) is 0 Å². The van der Waals surface area contributed by atoms with Crippen molar-refractivity contribution < 1.29 is 67.7 Å². The van der Waals surface area contributed by atoms with E-state index < -0.39 is 97.7 Å². The number of esters is 3. The number of carbonyl (C=O) groups is 5. The van der Waals surface area contributed by atoms with Gasteiger partial charge in [0.1, 0.15) is 43.2 Å². The summed E-state index contributed by atoms with van der Waals surface area (Å²) < 4.78 is 32.5. The van der Waals surface area contributed by atoms with Crippen LogP contribution in [-0.2, 0) is 52.4 Å². The fourth-order valence-electron chi connectivity index (χ4n) is 4.06. The maximum Gasteiger partial charge on any atom is 0.329 e. The van der Waals surface area contributed by atoms with Crippen LogP contribution in [0.15, 0.2) is 0 Å². The van der Waals surface area contributed by atoms with Gasteiger partial charge >= 0.3 is 23.9 Å². The van der Waals surface area contributed by atoms with E-state index in [-0.39, 0.29) is 13.2 Å². The Morgan fingerprint density at radius 1 is 0.872 bits per heavy atom. The lowest BCUT2D eigenvalue weighted by atomic mass is 9.91. The number of ether oxygens (including phenoxy) is 6. The van der Waals surface area contributed by atoms with E-state index in [9.17, 15) is 34.2 Å². The molecule has 0 bridgehead atoms. The van der Waals surface area contributed by atoms with Crippen molar-refractivity contribution in [3.8, 4) is 0 Å². The number of carbonyl (C=O) groups excluding carboxylic acids is 4. The lowest BCUT2D eigenvalue weighted by Crippen LogP contribution is -2.65. The molecule has 1 heterocycles. The molecular formula is C24H39NO14. The monoisotopic (exact) mass is 565 g/mol. The van der Waals surface area contributed by atoms with Crippen LogP contribution in [0.1, 0.15) is 41.5 Å². The highest BCUT2D eigenvalue weighted by molar-refractivity contribution is 5.73. The van der Waals surface area contributed by atoms with Gasteiger partial charge in [0, 0.05) is 39.5 Å². The Morgan fingerprint density at radius 2 is 1.41 bits per heavy atom. The van der Waals surface area contributed by atoms with Crippen molar-refractivity contribution >= 4 is 29.8 Å². The van der Waals surface area contributed by atoms with Gasteiger partial charge in [0.05, 0.1) is 19.8 Å². The highest BCUT2D eigenvalue weighted by Crippen LogP contribution is 2.27. The van der Waals surface area contributed by atoms with Gasteiger partial charge in [-0.05, 0) is 0 Å². The SMILES string of the molecule is CC(=O)NC1C(OCC(=O)O)OC(CO)C(OCC(C)C(OC(C)=O)C(OC(C)=O)C(C)COC(C)=O)C1O. The Balaban J connectivity index is 3.14. The lowest BCUT2D eigenvalue weighted by Gasteiger charge is -2.44. The molecule has 4 N–H and O–H groups in total. The summed E-state index contributed by atoms with van der Waals surface area (Å²) in [7, 11) is 0. The first-order valence-corrected chi connectivity index (χ1v) is 12.3. The van der Waals surface area contributed by atoms with E-state index in [0.29, 0.717) is 0 Å². The molecule has 9 atom stereocenters. The highest BCUT2D eigenvalue weighted by atomic mass is 16.7. The van der Waals surface area contributed by atoms with Crippen LogP contribution in [0, 0.1) is 11.8 Å². The number of hydrogen-bond acceptors (Lipinski definition) is 13. The van der Waals surface area contributed by atoms with Gasteiger partial charge in [0.2, 0.25) is 5.91 Å². The molecule has 1 aliphatic rings. The number of aliphatic hydroxyl groups excluding tert-OH is 2. The number of carboxylic acid groups (broad SMARTS) is 1. The predicted molar refractivity (Wildman–Crippen MR) is 129 cm³/mol. The van der Waals surface area contributed by atoms with E-state index in [0.717, 1.165) is 6.92 Å². The third-order valence-corrected chi connectivity index (χ3v) is 5.74. The summed E-state index contributed by atoms with van der Waals surface area (Å²) in [4.78, 5) is 57.7. The van der Waals surface area contributed by atoms with Crippen molar-refractivity contribution in [3.05, 3.63) is 0 Å². The molecule has 0 saturated carbocycles. The topological polar surface area (TPSA) is 213 Å². The maximum absolute atomic E-state index is 11.9. The van der Waals surface area contributed by atoms with E-state index in [1.807, 2.05) is 0 Å². The molecule has 1 saturated heterocycles. The number of hydrogen-bond donors (Lipinski definition) is 4.